The van der Waals surface area contributed by atoms with Crippen molar-refractivity contribution < 1.29 is 29.0 Å². The Hall–Kier alpha value is -2.05. The first-order valence-corrected chi connectivity index (χ1v) is 7.77. The van der Waals surface area contributed by atoms with Gasteiger partial charge in [-0.05, 0) is 30.5 Å². The number of carboxylic acid groups (broad SMARTS) is 1. The normalized spacial score (nSPS) is 15.5. The molecule has 1 aromatic rings. The lowest BCUT2D eigenvalue weighted by Gasteiger charge is -2.15. The second-order valence-corrected chi connectivity index (χ2v) is 6.07. The van der Waals surface area contributed by atoms with Crippen LogP contribution in [0.5, 0.6) is 0 Å². The summed E-state index contributed by atoms with van der Waals surface area (Å²) in [6.45, 7) is 2.62. The molecule has 1 aliphatic rings. The zero-order chi connectivity index (χ0) is 17.9. The van der Waals surface area contributed by atoms with E-state index in [1.165, 1.54) is 0 Å². The second-order valence-electron chi connectivity index (χ2n) is 5.23. The van der Waals surface area contributed by atoms with Gasteiger partial charge in [0.05, 0.1) is 6.42 Å². The van der Waals surface area contributed by atoms with Crippen molar-refractivity contribution in [3.63, 3.8) is 0 Å². The molecule has 0 radical (unpaired) electrons. The monoisotopic (exact) mass is 372 g/mol. The minimum atomic E-state index is -1.30. The average molecular weight is 373 g/mol. The Morgan fingerprint density at radius 3 is 2.67 bits per heavy atom. The van der Waals surface area contributed by atoms with Gasteiger partial charge in [-0.2, -0.15) is 0 Å². The third-order valence-corrected chi connectivity index (χ3v) is 3.96. The first-order valence-electron chi connectivity index (χ1n) is 7.02. The molecule has 1 unspecified atom stereocenters. The van der Waals surface area contributed by atoms with Crippen LogP contribution in [0.3, 0.4) is 0 Å². The van der Waals surface area contributed by atoms with Gasteiger partial charge in [0.2, 0.25) is 0 Å². The van der Waals surface area contributed by atoms with Crippen molar-refractivity contribution in [2.45, 2.75) is 25.4 Å². The highest BCUT2D eigenvalue weighted by atomic mass is 35.5. The summed E-state index contributed by atoms with van der Waals surface area (Å²) in [5, 5.41) is 9.37. The minimum absolute atomic E-state index is 0.179. The molecule has 1 N–H and O–H groups in total. The molecule has 1 aromatic carbocycles. The Balaban J connectivity index is 1.94. The fraction of sp³-hybridized carbons (Fsp3) is 0.312. The highest BCUT2D eigenvalue weighted by molar-refractivity contribution is 6.35. The van der Waals surface area contributed by atoms with Crippen LogP contribution in [0.4, 0.5) is 0 Å². The van der Waals surface area contributed by atoms with Gasteiger partial charge in [-0.1, -0.05) is 29.8 Å². The number of hydrogen-bond donors (Lipinski definition) is 1. The van der Waals surface area contributed by atoms with Crippen LogP contribution in [0, 0.1) is 0 Å². The third kappa shape index (κ3) is 4.49. The lowest BCUT2D eigenvalue weighted by Crippen LogP contribution is -2.17. The van der Waals surface area contributed by atoms with Gasteiger partial charge in [0.1, 0.15) is 6.10 Å². The van der Waals surface area contributed by atoms with Crippen molar-refractivity contribution >= 4 is 41.1 Å². The number of carbonyl (C=O) groups excluding carboxylic acids is 2. The maximum Gasteiger partial charge on any atom is 0.341 e. The van der Waals surface area contributed by atoms with Crippen LogP contribution in [-0.4, -0.2) is 29.6 Å². The number of carboxylic acids is 1. The zero-order valence-corrected chi connectivity index (χ0v) is 14.0. The number of rotatable bonds is 6. The summed E-state index contributed by atoms with van der Waals surface area (Å²) in [6, 6.07) is 3.36. The summed E-state index contributed by atoms with van der Waals surface area (Å²) in [5.74, 6) is -2.92. The number of fused-ring (bicyclic) bond motifs is 1. The Kier molecular flexibility index (Phi) is 5.85. The molecule has 1 atom stereocenters. The molecule has 0 bridgehead atoms. The van der Waals surface area contributed by atoms with Crippen molar-refractivity contribution in [2.75, 3.05) is 6.61 Å². The van der Waals surface area contributed by atoms with Crippen LogP contribution in [0.1, 0.15) is 30.1 Å². The third-order valence-electron chi connectivity index (χ3n) is 3.42. The standard InChI is InChI=1S/C16H14Cl2O6/c1-8(16(22)23-7-13(19)20)4-14(21)24-12-3-2-9-5-10(17)6-11(18)15(9)12/h5-6,12H,1-4,7H2,(H,19,20). The van der Waals surface area contributed by atoms with Crippen LogP contribution >= 0.6 is 23.2 Å². The van der Waals surface area contributed by atoms with Gasteiger partial charge in [-0.3, -0.25) is 4.79 Å². The van der Waals surface area contributed by atoms with Crippen molar-refractivity contribution in [1.29, 1.82) is 0 Å². The smallest absolute Gasteiger partial charge is 0.341 e. The average Bonchev–Trinajstić information content (AvgIpc) is 2.87. The molecule has 6 nitrogen and oxygen atoms in total. The first-order chi connectivity index (χ1) is 11.3. The van der Waals surface area contributed by atoms with E-state index >= 15 is 0 Å². The molecule has 2 rings (SSSR count). The second kappa shape index (κ2) is 7.68. The number of halogens is 2. The molecule has 0 amide bonds. The molecule has 0 aliphatic heterocycles. The van der Waals surface area contributed by atoms with Gasteiger partial charge in [-0.15, -0.1) is 0 Å². The van der Waals surface area contributed by atoms with Crippen LogP contribution < -0.4 is 0 Å². The van der Waals surface area contributed by atoms with Gasteiger partial charge in [-0.25, -0.2) is 9.59 Å². The Bertz CT molecular complexity index is 713. The van der Waals surface area contributed by atoms with Crippen LogP contribution in [0.2, 0.25) is 10.0 Å². The number of ether oxygens (including phenoxy) is 2. The quantitative estimate of drug-likeness (QED) is 0.609. The van der Waals surface area contributed by atoms with Crippen LogP contribution in [-0.2, 0) is 30.3 Å². The van der Waals surface area contributed by atoms with E-state index in [1.54, 1.807) is 12.1 Å². The summed E-state index contributed by atoms with van der Waals surface area (Å²) >= 11 is 12.1. The van der Waals surface area contributed by atoms with E-state index in [0.29, 0.717) is 28.5 Å². The van der Waals surface area contributed by atoms with Crippen LogP contribution in [0.25, 0.3) is 0 Å². The molecule has 0 fully saturated rings. The van der Waals surface area contributed by atoms with Gasteiger partial charge >= 0.3 is 17.9 Å². The molecule has 0 heterocycles. The lowest BCUT2D eigenvalue weighted by molar-refractivity contribution is -0.154. The Morgan fingerprint density at radius 2 is 2.00 bits per heavy atom. The molecule has 0 spiro atoms. The molecular weight excluding hydrogens is 359 g/mol. The summed E-state index contributed by atoms with van der Waals surface area (Å²) in [6.07, 6.45) is 0.335. The molecule has 1 aliphatic carbocycles. The molecule has 128 valence electrons. The fourth-order valence-corrected chi connectivity index (χ4v) is 3.09. The number of benzene rings is 1. The van der Waals surface area contributed by atoms with Crippen molar-refractivity contribution in [3.05, 3.63) is 45.5 Å². The summed E-state index contributed by atoms with van der Waals surface area (Å²) in [4.78, 5) is 33.8. The number of esters is 2. The van der Waals surface area contributed by atoms with Gasteiger partial charge in [0, 0.05) is 21.2 Å². The maximum atomic E-state index is 12.0. The largest absolute Gasteiger partial charge is 0.479 e. The van der Waals surface area contributed by atoms with Crippen molar-refractivity contribution in [3.8, 4) is 0 Å². The lowest BCUT2D eigenvalue weighted by atomic mass is 10.1. The maximum absolute atomic E-state index is 12.0. The summed E-state index contributed by atoms with van der Waals surface area (Å²) in [7, 11) is 0. The molecule has 0 aromatic heterocycles. The van der Waals surface area contributed by atoms with E-state index in [2.05, 4.69) is 11.3 Å². The van der Waals surface area contributed by atoms with Crippen molar-refractivity contribution in [1.82, 2.24) is 0 Å². The Morgan fingerprint density at radius 1 is 1.29 bits per heavy atom. The molecule has 8 heteroatoms. The van der Waals surface area contributed by atoms with E-state index < -0.39 is 37.0 Å². The van der Waals surface area contributed by atoms with Crippen molar-refractivity contribution in [2.24, 2.45) is 0 Å². The number of carbonyl (C=O) groups is 3. The number of hydrogen-bond acceptors (Lipinski definition) is 5. The minimum Gasteiger partial charge on any atom is -0.479 e. The fourth-order valence-electron chi connectivity index (χ4n) is 2.43. The molecule has 0 saturated carbocycles. The van der Waals surface area contributed by atoms with E-state index in [1.807, 2.05) is 0 Å². The first kappa shape index (κ1) is 18.3. The number of aryl methyl sites for hydroxylation is 1. The highest BCUT2D eigenvalue weighted by Gasteiger charge is 2.29. The van der Waals surface area contributed by atoms with Gasteiger partial charge < -0.3 is 14.6 Å². The zero-order valence-electron chi connectivity index (χ0n) is 12.5. The predicted octanol–water partition coefficient (Wildman–Crippen LogP) is 3.10. The highest BCUT2D eigenvalue weighted by Crippen LogP contribution is 2.40. The molecule has 24 heavy (non-hydrogen) atoms. The van der Waals surface area contributed by atoms with E-state index in [-0.39, 0.29) is 5.57 Å². The van der Waals surface area contributed by atoms with E-state index in [9.17, 15) is 14.4 Å². The topological polar surface area (TPSA) is 89.9 Å². The van der Waals surface area contributed by atoms with Crippen LogP contribution in [0.15, 0.2) is 24.3 Å². The molecular formula is C16H14Cl2O6. The SMILES string of the molecule is C=C(CC(=O)OC1CCc2cc(Cl)cc(Cl)c21)C(=O)OCC(=O)O. The van der Waals surface area contributed by atoms with E-state index in [0.717, 1.165) is 5.56 Å². The van der Waals surface area contributed by atoms with Gasteiger partial charge in [0.15, 0.2) is 6.61 Å². The van der Waals surface area contributed by atoms with E-state index in [4.69, 9.17) is 33.0 Å². The predicted molar refractivity (Wildman–Crippen MR) is 86.0 cm³/mol. The molecule has 0 saturated heterocycles. The Labute approximate surface area is 147 Å². The number of aliphatic carboxylic acids is 1. The summed E-state index contributed by atoms with van der Waals surface area (Å²) < 4.78 is 9.80. The summed E-state index contributed by atoms with van der Waals surface area (Å²) in [5.41, 5.74) is 1.46. The van der Waals surface area contributed by atoms with Gasteiger partial charge in [0.25, 0.3) is 0 Å².